The Morgan fingerprint density at radius 3 is 2.34 bits per heavy atom. The topological polar surface area (TPSA) is 66.9 Å². The SMILES string of the molecule is CCN1C(=O)[C@@H]2[C@@H](c3ccc(-c4ccccc4)cc3)N3CCCC[C@@]3(C(=O)OC)[C@@H]2C1=O. The van der Waals surface area contributed by atoms with Gasteiger partial charge in [0, 0.05) is 12.6 Å². The number of fused-ring (bicyclic) bond motifs is 3. The minimum absolute atomic E-state index is 0.169. The quantitative estimate of drug-likeness (QED) is 0.547. The van der Waals surface area contributed by atoms with Gasteiger partial charge in [0.1, 0.15) is 5.54 Å². The van der Waals surface area contributed by atoms with E-state index in [9.17, 15) is 14.4 Å². The molecule has 3 fully saturated rings. The van der Waals surface area contributed by atoms with Crippen molar-refractivity contribution in [3.8, 4) is 11.1 Å². The Morgan fingerprint density at radius 2 is 1.69 bits per heavy atom. The predicted molar refractivity (Wildman–Crippen MR) is 119 cm³/mol. The van der Waals surface area contributed by atoms with Crippen molar-refractivity contribution in [2.75, 3.05) is 20.2 Å². The molecule has 3 aliphatic rings. The number of hydrogen-bond donors (Lipinski definition) is 0. The maximum Gasteiger partial charge on any atom is 0.327 e. The predicted octanol–water partition coefficient (Wildman–Crippen LogP) is 3.43. The number of carbonyl (C=O) groups is 3. The molecular weight excluding hydrogens is 404 g/mol. The smallest absolute Gasteiger partial charge is 0.327 e. The van der Waals surface area contributed by atoms with E-state index in [1.807, 2.05) is 37.3 Å². The van der Waals surface area contributed by atoms with Crippen molar-refractivity contribution < 1.29 is 19.1 Å². The van der Waals surface area contributed by atoms with E-state index < -0.39 is 23.3 Å². The average molecular weight is 433 g/mol. The molecule has 0 saturated carbocycles. The van der Waals surface area contributed by atoms with Gasteiger partial charge in [0.15, 0.2) is 0 Å². The Kier molecular flexibility index (Phi) is 5.13. The molecule has 0 radical (unpaired) electrons. The van der Waals surface area contributed by atoms with Gasteiger partial charge in [-0.05, 0) is 49.4 Å². The molecule has 4 atom stereocenters. The number of methoxy groups -OCH3 is 1. The molecule has 166 valence electrons. The van der Waals surface area contributed by atoms with Crippen LogP contribution in [0, 0.1) is 11.8 Å². The van der Waals surface area contributed by atoms with Gasteiger partial charge in [-0.25, -0.2) is 0 Å². The summed E-state index contributed by atoms with van der Waals surface area (Å²) in [5.74, 6) is -2.06. The van der Waals surface area contributed by atoms with Crippen LogP contribution < -0.4 is 0 Å². The van der Waals surface area contributed by atoms with Crippen LogP contribution in [0.3, 0.4) is 0 Å². The van der Waals surface area contributed by atoms with Crippen molar-refractivity contribution >= 4 is 17.8 Å². The lowest BCUT2D eigenvalue weighted by atomic mass is 9.75. The maximum absolute atomic E-state index is 13.4. The first kappa shape index (κ1) is 20.9. The molecular formula is C26H28N2O4. The van der Waals surface area contributed by atoms with E-state index in [2.05, 4.69) is 29.2 Å². The number of nitrogens with zero attached hydrogens (tertiary/aromatic N) is 2. The molecule has 0 aliphatic carbocycles. The number of esters is 1. The third-order valence-electron chi connectivity index (χ3n) is 7.57. The summed E-state index contributed by atoms with van der Waals surface area (Å²) < 4.78 is 5.25. The number of amides is 2. The van der Waals surface area contributed by atoms with Gasteiger partial charge in [-0.1, -0.05) is 54.6 Å². The first-order valence-corrected chi connectivity index (χ1v) is 11.4. The minimum atomic E-state index is -1.07. The van der Waals surface area contributed by atoms with E-state index in [4.69, 9.17) is 4.74 Å². The molecule has 3 saturated heterocycles. The first-order valence-electron chi connectivity index (χ1n) is 11.4. The molecule has 2 amide bonds. The molecule has 3 aliphatic heterocycles. The molecule has 32 heavy (non-hydrogen) atoms. The highest BCUT2D eigenvalue weighted by atomic mass is 16.5. The van der Waals surface area contributed by atoms with Crippen LogP contribution >= 0.6 is 0 Å². The molecule has 2 aromatic rings. The molecule has 0 unspecified atom stereocenters. The maximum atomic E-state index is 13.4. The normalized spacial score (nSPS) is 29.7. The van der Waals surface area contributed by atoms with Crippen LogP contribution in [0.1, 0.15) is 37.8 Å². The highest BCUT2D eigenvalue weighted by Gasteiger charge is 2.72. The Labute approximate surface area is 188 Å². The summed E-state index contributed by atoms with van der Waals surface area (Å²) in [5, 5.41) is 0. The van der Waals surface area contributed by atoms with Crippen LogP contribution in [0.15, 0.2) is 54.6 Å². The summed E-state index contributed by atoms with van der Waals surface area (Å²) in [6.45, 7) is 2.80. The molecule has 6 nitrogen and oxygen atoms in total. The van der Waals surface area contributed by atoms with Crippen LogP contribution in [0.5, 0.6) is 0 Å². The lowest BCUT2D eigenvalue weighted by molar-refractivity contribution is -0.164. The molecule has 5 rings (SSSR count). The van der Waals surface area contributed by atoms with Crippen LogP contribution in [0.25, 0.3) is 11.1 Å². The number of imide groups is 1. The number of piperidine rings is 1. The standard InChI is InChI=1S/C26H28N2O4/c1-3-27-23(29)20-21(24(27)30)26(25(31)32-2)15-7-8-16-28(26)22(20)19-13-11-18(12-14-19)17-9-5-4-6-10-17/h4-6,9-14,20-22H,3,7-8,15-16H2,1-2H3/t20-,21-,22+,26-/m0/s1. The van der Waals surface area contributed by atoms with E-state index in [1.54, 1.807) is 0 Å². The first-order chi connectivity index (χ1) is 15.5. The second kappa shape index (κ2) is 7.85. The number of rotatable bonds is 4. The number of hydrogen-bond acceptors (Lipinski definition) is 5. The molecule has 3 heterocycles. The summed E-state index contributed by atoms with van der Waals surface area (Å²) in [6, 6.07) is 18.0. The van der Waals surface area contributed by atoms with Gasteiger partial charge in [-0.15, -0.1) is 0 Å². The van der Waals surface area contributed by atoms with Gasteiger partial charge in [0.2, 0.25) is 11.8 Å². The molecule has 0 spiro atoms. The van der Waals surface area contributed by atoms with Crippen molar-refractivity contribution in [2.45, 2.75) is 37.8 Å². The van der Waals surface area contributed by atoms with Crippen molar-refractivity contribution in [3.05, 3.63) is 60.2 Å². The number of carbonyl (C=O) groups excluding carboxylic acids is 3. The fraction of sp³-hybridized carbons (Fsp3) is 0.423. The van der Waals surface area contributed by atoms with E-state index in [-0.39, 0.29) is 17.9 Å². The summed E-state index contributed by atoms with van der Waals surface area (Å²) in [7, 11) is 1.37. The van der Waals surface area contributed by atoms with Crippen molar-refractivity contribution in [1.29, 1.82) is 0 Å². The minimum Gasteiger partial charge on any atom is -0.468 e. The Balaban J connectivity index is 1.62. The van der Waals surface area contributed by atoms with E-state index in [1.165, 1.54) is 12.0 Å². The Morgan fingerprint density at radius 1 is 1.00 bits per heavy atom. The van der Waals surface area contributed by atoms with Crippen LogP contribution in [0.4, 0.5) is 0 Å². The van der Waals surface area contributed by atoms with Gasteiger partial charge in [0.25, 0.3) is 0 Å². The van der Waals surface area contributed by atoms with E-state index >= 15 is 0 Å². The Hall–Kier alpha value is -2.99. The fourth-order valence-electron chi connectivity index (χ4n) is 6.23. The monoisotopic (exact) mass is 432 g/mol. The summed E-state index contributed by atoms with van der Waals surface area (Å²) >= 11 is 0. The molecule has 0 aromatic heterocycles. The fourth-order valence-corrected chi connectivity index (χ4v) is 6.23. The van der Waals surface area contributed by atoms with Crippen molar-refractivity contribution in [3.63, 3.8) is 0 Å². The lowest BCUT2D eigenvalue weighted by Crippen LogP contribution is -2.59. The second-order valence-corrected chi connectivity index (χ2v) is 8.92. The zero-order chi connectivity index (χ0) is 22.5. The molecule has 2 aromatic carbocycles. The molecule has 0 bridgehead atoms. The summed E-state index contributed by atoms with van der Waals surface area (Å²) in [6.07, 6.45) is 2.30. The Bertz CT molecular complexity index is 1050. The van der Waals surface area contributed by atoms with E-state index in [0.717, 1.165) is 29.5 Å². The van der Waals surface area contributed by atoms with Gasteiger partial charge in [0.05, 0.1) is 18.9 Å². The largest absolute Gasteiger partial charge is 0.468 e. The van der Waals surface area contributed by atoms with Crippen LogP contribution in [-0.2, 0) is 19.1 Å². The highest BCUT2D eigenvalue weighted by Crippen LogP contribution is 2.58. The van der Waals surface area contributed by atoms with Gasteiger partial charge in [-0.2, -0.15) is 0 Å². The number of benzene rings is 2. The second-order valence-electron chi connectivity index (χ2n) is 8.92. The zero-order valence-electron chi connectivity index (χ0n) is 18.5. The third kappa shape index (κ3) is 2.78. The molecule has 0 N–H and O–H groups in total. The van der Waals surface area contributed by atoms with Crippen LogP contribution in [-0.4, -0.2) is 53.3 Å². The zero-order valence-corrected chi connectivity index (χ0v) is 18.5. The lowest BCUT2D eigenvalue weighted by Gasteiger charge is -2.44. The number of likely N-dealkylation sites (tertiary alicyclic amines) is 1. The number of ether oxygens (including phenoxy) is 1. The summed E-state index contributed by atoms with van der Waals surface area (Å²) in [5.41, 5.74) is 2.10. The van der Waals surface area contributed by atoms with Gasteiger partial charge in [-0.3, -0.25) is 24.2 Å². The highest BCUT2D eigenvalue weighted by molar-refractivity contribution is 6.09. The molecule has 6 heteroatoms. The van der Waals surface area contributed by atoms with Crippen LogP contribution in [0.2, 0.25) is 0 Å². The third-order valence-corrected chi connectivity index (χ3v) is 7.57. The van der Waals surface area contributed by atoms with Gasteiger partial charge < -0.3 is 4.74 Å². The average Bonchev–Trinajstić information content (AvgIpc) is 3.29. The van der Waals surface area contributed by atoms with Crippen molar-refractivity contribution in [2.24, 2.45) is 11.8 Å². The van der Waals surface area contributed by atoms with Crippen molar-refractivity contribution in [1.82, 2.24) is 9.80 Å². The van der Waals surface area contributed by atoms with Gasteiger partial charge >= 0.3 is 5.97 Å². The van der Waals surface area contributed by atoms with E-state index in [0.29, 0.717) is 19.5 Å². The summed E-state index contributed by atoms with van der Waals surface area (Å²) in [4.78, 5) is 43.5.